The highest BCUT2D eigenvalue weighted by Crippen LogP contribution is 2.43. The monoisotopic (exact) mass is 253 g/mol. The van der Waals surface area contributed by atoms with Gasteiger partial charge in [0, 0.05) is 12.1 Å². The fraction of sp³-hybridized carbons (Fsp3) is 0.929. The van der Waals surface area contributed by atoms with E-state index >= 15 is 0 Å². The quantitative estimate of drug-likeness (QED) is 0.819. The number of rotatable bonds is 4. The lowest BCUT2D eigenvalue weighted by Crippen LogP contribution is -2.53. The van der Waals surface area contributed by atoms with Crippen LogP contribution >= 0.6 is 0 Å². The summed E-state index contributed by atoms with van der Waals surface area (Å²) in [6, 6.07) is 0. The first-order valence-electron chi connectivity index (χ1n) is 6.96. The molecule has 1 saturated heterocycles. The molecular weight excluding hydrogens is 226 g/mol. The molecule has 1 unspecified atom stereocenters. The van der Waals surface area contributed by atoms with E-state index in [2.05, 4.69) is 56.9 Å². The number of amides is 1. The molecule has 2 aliphatic rings. The van der Waals surface area contributed by atoms with E-state index in [0.717, 1.165) is 19.4 Å². The highest BCUT2D eigenvalue weighted by Gasteiger charge is 2.59. The molecule has 0 aromatic carbocycles. The molecule has 0 bridgehead atoms. The molecule has 2 rings (SSSR count). The van der Waals surface area contributed by atoms with Gasteiger partial charge < -0.3 is 9.80 Å². The fourth-order valence-electron chi connectivity index (χ4n) is 2.56. The van der Waals surface area contributed by atoms with Gasteiger partial charge in [-0.3, -0.25) is 10.1 Å². The second kappa shape index (κ2) is 4.20. The summed E-state index contributed by atoms with van der Waals surface area (Å²) in [6.45, 7) is 9.53. The smallest absolute Gasteiger partial charge is 0.244 e. The minimum absolute atomic E-state index is 0.00486. The summed E-state index contributed by atoms with van der Waals surface area (Å²) in [7, 11) is 4.15. The Morgan fingerprint density at radius 3 is 2.39 bits per heavy atom. The van der Waals surface area contributed by atoms with Crippen molar-refractivity contribution in [3.8, 4) is 0 Å². The Labute approximate surface area is 111 Å². The van der Waals surface area contributed by atoms with Gasteiger partial charge in [0.1, 0.15) is 0 Å². The number of carbonyl (C=O) groups excluding carboxylic acids is 1. The van der Waals surface area contributed by atoms with Gasteiger partial charge in [0.2, 0.25) is 5.91 Å². The largest absolute Gasteiger partial charge is 0.323 e. The van der Waals surface area contributed by atoms with Crippen molar-refractivity contribution in [3.63, 3.8) is 0 Å². The molecule has 1 saturated carbocycles. The number of nitrogens with zero attached hydrogens (tertiary/aromatic N) is 2. The van der Waals surface area contributed by atoms with Gasteiger partial charge in [0.25, 0.3) is 0 Å². The van der Waals surface area contributed by atoms with Crippen molar-refractivity contribution in [2.24, 2.45) is 5.92 Å². The van der Waals surface area contributed by atoms with Crippen LogP contribution in [0, 0.1) is 5.92 Å². The number of carbonyl (C=O) groups is 1. The maximum Gasteiger partial charge on any atom is 0.244 e. The van der Waals surface area contributed by atoms with Gasteiger partial charge in [-0.05, 0) is 46.7 Å². The van der Waals surface area contributed by atoms with E-state index in [1.807, 2.05) is 0 Å². The van der Waals surface area contributed by atoms with Crippen LogP contribution < -0.4 is 5.32 Å². The number of hydrogen-bond donors (Lipinski definition) is 1. The number of nitrogens with one attached hydrogen (secondary N) is 1. The fourth-order valence-corrected chi connectivity index (χ4v) is 2.56. The van der Waals surface area contributed by atoms with Gasteiger partial charge in [-0.25, -0.2) is 0 Å². The molecule has 1 heterocycles. The van der Waals surface area contributed by atoms with Crippen LogP contribution in [0.5, 0.6) is 0 Å². The molecule has 0 aromatic heterocycles. The summed E-state index contributed by atoms with van der Waals surface area (Å²) < 4.78 is 0. The molecule has 104 valence electrons. The average Bonchev–Trinajstić information content (AvgIpc) is 2.97. The van der Waals surface area contributed by atoms with E-state index < -0.39 is 0 Å². The summed E-state index contributed by atoms with van der Waals surface area (Å²) >= 11 is 0. The van der Waals surface area contributed by atoms with Gasteiger partial charge in [0.05, 0.1) is 11.7 Å². The minimum atomic E-state index is -0.197. The van der Waals surface area contributed by atoms with Crippen molar-refractivity contribution >= 4 is 5.91 Å². The van der Waals surface area contributed by atoms with Crippen LogP contribution in [0.2, 0.25) is 0 Å². The van der Waals surface area contributed by atoms with Crippen LogP contribution in [0.3, 0.4) is 0 Å². The molecule has 1 aliphatic carbocycles. The highest BCUT2D eigenvalue weighted by molar-refractivity contribution is 5.91. The van der Waals surface area contributed by atoms with Gasteiger partial charge in [0.15, 0.2) is 0 Å². The summed E-state index contributed by atoms with van der Waals surface area (Å²) in [6.07, 6.45) is 2.21. The lowest BCUT2D eigenvalue weighted by Gasteiger charge is -2.39. The van der Waals surface area contributed by atoms with Crippen LogP contribution in [0.15, 0.2) is 0 Å². The molecule has 1 spiro atoms. The molecule has 4 nitrogen and oxygen atoms in total. The van der Waals surface area contributed by atoms with E-state index in [9.17, 15) is 4.79 Å². The first-order chi connectivity index (χ1) is 8.19. The van der Waals surface area contributed by atoms with E-state index in [4.69, 9.17) is 0 Å². The van der Waals surface area contributed by atoms with Crippen molar-refractivity contribution in [2.45, 2.75) is 57.8 Å². The summed E-state index contributed by atoms with van der Waals surface area (Å²) in [5.41, 5.74) is -0.192. The average molecular weight is 253 g/mol. The topological polar surface area (TPSA) is 35.6 Å². The van der Waals surface area contributed by atoms with Crippen LogP contribution in [-0.2, 0) is 4.79 Å². The Hall–Kier alpha value is -0.610. The van der Waals surface area contributed by atoms with E-state index in [1.54, 1.807) is 0 Å². The van der Waals surface area contributed by atoms with E-state index in [1.165, 1.54) is 0 Å². The van der Waals surface area contributed by atoms with Gasteiger partial charge in [-0.2, -0.15) is 0 Å². The van der Waals surface area contributed by atoms with Crippen LogP contribution in [0.25, 0.3) is 0 Å². The zero-order valence-electron chi connectivity index (χ0n) is 12.6. The Kier molecular flexibility index (Phi) is 3.23. The third-order valence-corrected chi connectivity index (χ3v) is 4.58. The first kappa shape index (κ1) is 13.8. The standard InChI is InChI=1S/C14H27N3O/c1-10(2)11-15-14(7-8-14)12(18)17(11)9-13(3,4)16(5)6/h10-11,15H,7-9H2,1-6H3. The molecule has 1 atom stereocenters. The maximum absolute atomic E-state index is 12.5. The lowest BCUT2D eigenvalue weighted by molar-refractivity contribution is -0.132. The molecular formula is C14H27N3O. The van der Waals surface area contributed by atoms with Crippen molar-refractivity contribution < 1.29 is 4.79 Å². The van der Waals surface area contributed by atoms with Gasteiger partial charge >= 0.3 is 0 Å². The predicted octanol–water partition coefficient (Wildman–Crippen LogP) is 1.27. The Morgan fingerprint density at radius 2 is 2.00 bits per heavy atom. The maximum atomic E-state index is 12.5. The summed E-state index contributed by atoms with van der Waals surface area (Å²) in [4.78, 5) is 16.8. The summed E-state index contributed by atoms with van der Waals surface area (Å²) in [5.74, 6) is 0.767. The molecule has 18 heavy (non-hydrogen) atoms. The number of likely N-dealkylation sites (N-methyl/N-ethyl adjacent to an activating group) is 1. The van der Waals surface area contributed by atoms with Gasteiger partial charge in [-0.15, -0.1) is 0 Å². The second-order valence-electron chi connectivity index (χ2n) is 7.06. The molecule has 2 fully saturated rings. The Bertz CT molecular complexity index is 345. The molecule has 1 N–H and O–H groups in total. The molecule has 0 aromatic rings. The van der Waals surface area contributed by atoms with Crippen LogP contribution in [-0.4, -0.2) is 53.6 Å². The van der Waals surface area contributed by atoms with Crippen molar-refractivity contribution in [2.75, 3.05) is 20.6 Å². The van der Waals surface area contributed by atoms with Crippen LogP contribution in [0.1, 0.15) is 40.5 Å². The van der Waals surface area contributed by atoms with Gasteiger partial charge in [-0.1, -0.05) is 13.8 Å². The molecule has 1 aliphatic heterocycles. The Morgan fingerprint density at radius 1 is 1.44 bits per heavy atom. The summed E-state index contributed by atoms with van der Waals surface area (Å²) in [5, 5.41) is 3.56. The first-order valence-corrected chi connectivity index (χ1v) is 6.96. The van der Waals surface area contributed by atoms with E-state index in [0.29, 0.717) is 11.8 Å². The lowest BCUT2D eigenvalue weighted by atomic mass is 10.0. The Balaban J connectivity index is 2.16. The minimum Gasteiger partial charge on any atom is -0.323 e. The molecule has 4 heteroatoms. The van der Waals surface area contributed by atoms with Crippen molar-refractivity contribution in [1.82, 2.24) is 15.1 Å². The van der Waals surface area contributed by atoms with Crippen molar-refractivity contribution in [3.05, 3.63) is 0 Å². The second-order valence-corrected chi connectivity index (χ2v) is 7.06. The molecule has 0 radical (unpaired) electrons. The van der Waals surface area contributed by atoms with Crippen LogP contribution in [0.4, 0.5) is 0 Å². The molecule has 1 amide bonds. The highest BCUT2D eigenvalue weighted by atomic mass is 16.2. The van der Waals surface area contributed by atoms with E-state index in [-0.39, 0.29) is 17.2 Å². The zero-order chi connectivity index (χ0) is 13.7. The third-order valence-electron chi connectivity index (χ3n) is 4.58. The number of hydrogen-bond acceptors (Lipinski definition) is 3. The predicted molar refractivity (Wildman–Crippen MR) is 73.2 cm³/mol. The third kappa shape index (κ3) is 2.16. The zero-order valence-corrected chi connectivity index (χ0v) is 12.6. The SMILES string of the molecule is CC(C)C1NC2(CC2)C(=O)N1CC(C)(C)N(C)C. The van der Waals surface area contributed by atoms with Crippen molar-refractivity contribution in [1.29, 1.82) is 0 Å². The normalized spacial score (nSPS) is 26.8.